The summed E-state index contributed by atoms with van der Waals surface area (Å²) >= 11 is 9.39. The van der Waals surface area contributed by atoms with Crippen molar-refractivity contribution < 1.29 is 19.4 Å². The van der Waals surface area contributed by atoms with Crippen molar-refractivity contribution in [1.29, 1.82) is 0 Å². The average Bonchev–Trinajstić information content (AvgIpc) is 3.02. The predicted molar refractivity (Wildman–Crippen MR) is 79.6 cm³/mol. The van der Waals surface area contributed by atoms with Gasteiger partial charge < -0.3 is 14.6 Å². The Morgan fingerprint density at radius 3 is 3.00 bits per heavy atom. The summed E-state index contributed by atoms with van der Waals surface area (Å²) in [7, 11) is 0. The van der Waals surface area contributed by atoms with Crippen LogP contribution >= 0.6 is 27.5 Å². The molecule has 3 heterocycles. The normalized spacial score (nSPS) is 28.2. The highest BCUT2D eigenvalue weighted by Crippen LogP contribution is 2.37. The highest BCUT2D eigenvalue weighted by Gasteiger charge is 2.46. The third kappa shape index (κ3) is 2.58. The van der Waals surface area contributed by atoms with E-state index in [1.165, 1.54) is 19.6 Å². The fraction of sp³-hybridized carbons (Fsp3) is 0.500. The molecule has 0 amide bonds. The van der Waals surface area contributed by atoms with Crippen molar-refractivity contribution in [2.45, 2.75) is 30.2 Å². The number of esters is 1. The van der Waals surface area contributed by atoms with Gasteiger partial charge in [-0.15, -0.1) is 0 Å². The third-order valence-electron chi connectivity index (χ3n) is 3.33. The standard InChI is InChI=1S/C12H12BrClN4O4/c1-5(20)21-9-7(13)6(2-19)22-12(9)18-4-17-8-10(14)15-3-16-11(8)18/h3-4,6-7,9,12,19H,2H2,1H3/t6-,7+,9-,12-/m1/s1. The molecule has 1 aliphatic heterocycles. The Labute approximate surface area is 138 Å². The third-order valence-corrected chi connectivity index (χ3v) is 4.72. The number of aromatic nitrogens is 4. The van der Waals surface area contributed by atoms with Crippen molar-refractivity contribution in [2.75, 3.05) is 6.61 Å². The van der Waals surface area contributed by atoms with Crippen LogP contribution in [0.4, 0.5) is 0 Å². The van der Waals surface area contributed by atoms with Gasteiger partial charge >= 0.3 is 5.97 Å². The van der Waals surface area contributed by atoms with Gasteiger partial charge in [0.15, 0.2) is 23.1 Å². The van der Waals surface area contributed by atoms with E-state index in [0.717, 1.165) is 0 Å². The van der Waals surface area contributed by atoms with Gasteiger partial charge in [0, 0.05) is 6.92 Å². The van der Waals surface area contributed by atoms with Crippen molar-refractivity contribution in [3.63, 3.8) is 0 Å². The van der Waals surface area contributed by atoms with E-state index in [1.807, 2.05) is 0 Å². The Morgan fingerprint density at radius 2 is 2.32 bits per heavy atom. The van der Waals surface area contributed by atoms with Crippen LogP contribution in [0.1, 0.15) is 13.2 Å². The number of carbonyl (C=O) groups is 1. The highest BCUT2D eigenvalue weighted by molar-refractivity contribution is 9.09. The Morgan fingerprint density at radius 1 is 1.55 bits per heavy atom. The first kappa shape index (κ1) is 15.6. The molecular weight excluding hydrogens is 380 g/mol. The van der Waals surface area contributed by atoms with Gasteiger partial charge in [0.25, 0.3) is 0 Å². The van der Waals surface area contributed by atoms with Crippen LogP contribution in [-0.2, 0) is 14.3 Å². The summed E-state index contributed by atoms with van der Waals surface area (Å²) in [6.07, 6.45) is 0.964. The molecule has 2 aromatic rings. The Hall–Kier alpha value is -1.29. The molecule has 1 fully saturated rings. The van der Waals surface area contributed by atoms with Crippen molar-refractivity contribution in [2.24, 2.45) is 0 Å². The molecule has 8 nitrogen and oxygen atoms in total. The zero-order valence-corrected chi connectivity index (χ0v) is 13.7. The van der Waals surface area contributed by atoms with Crippen molar-refractivity contribution in [1.82, 2.24) is 19.5 Å². The number of fused-ring (bicyclic) bond motifs is 1. The van der Waals surface area contributed by atoms with Gasteiger partial charge in [-0.05, 0) is 0 Å². The maximum absolute atomic E-state index is 11.3. The van der Waals surface area contributed by atoms with Gasteiger partial charge in [-0.1, -0.05) is 27.5 Å². The maximum Gasteiger partial charge on any atom is 0.303 e. The monoisotopic (exact) mass is 390 g/mol. The number of ether oxygens (including phenoxy) is 2. The molecule has 0 unspecified atom stereocenters. The van der Waals surface area contributed by atoms with Gasteiger partial charge in [0.1, 0.15) is 11.8 Å². The van der Waals surface area contributed by atoms with Crippen molar-refractivity contribution >= 4 is 44.7 Å². The summed E-state index contributed by atoms with van der Waals surface area (Å²) in [5, 5.41) is 9.62. The molecule has 1 saturated heterocycles. The number of hydrogen-bond acceptors (Lipinski definition) is 7. The zero-order valence-electron chi connectivity index (χ0n) is 11.4. The predicted octanol–water partition coefficient (Wildman–Crippen LogP) is 1.06. The van der Waals surface area contributed by atoms with Gasteiger partial charge in [-0.3, -0.25) is 9.36 Å². The lowest BCUT2D eigenvalue weighted by Crippen LogP contribution is -2.32. The summed E-state index contributed by atoms with van der Waals surface area (Å²) in [5.41, 5.74) is 0.883. The van der Waals surface area contributed by atoms with E-state index in [0.29, 0.717) is 11.2 Å². The van der Waals surface area contributed by atoms with E-state index in [4.69, 9.17) is 21.1 Å². The van der Waals surface area contributed by atoms with Crippen LogP contribution in [0.25, 0.3) is 11.2 Å². The van der Waals surface area contributed by atoms with E-state index in [-0.39, 0.29) is 16.6 Å². The number of hydrogen-bond donors (Lipinski definition) is 1. The average molecular weight is 392 g/mol. The molecule has 0 radical (unpaired) electrons. The molecule has 0 saturated carbocycles. The number of alkyl halides is 1. The zero-order chi connectivity index (χ0) is 15.9. The lowest BCUT2D eigenvalue weighted by Gasteiger charge is -2.21. The summed E-state index contributed by atoms with van der Waals surface area (Å²) in [4.78, 5) is 23.1. The van der Waals surface area contributed by atoms with Crippen LogP contribution in [0.15, 0.2) is 12.7 Å². The van der Waals surface area contributed by atoms with Gasteiger partial charge in [0.05, 0.1) is 23.9 Å². The maximum atomic E-state index is 11.3. The Kier molecular flexibility index (Phi) is 4.31. The molecule has 4 atom stereocenters. The second-order valence-electron chi connectivity index (χ2n) is 4.75. The van der Waals surface area contributed by atoms with E-state index in [9.17, 15) is 9.90 Å². The molecule has 10 heteroatoms. The molecule has 22 heavy (non-hydrogen) atoms. The minimum atomic E-state index is -0.679. The first-order valence-corrected chi connectivity index (χ1v) is 7.73. The molecule has 2 aromatic heterocycles. The number of rotatable bonds is 3. The van der Waals surface area contributed by atoms with Gasteiger partial charge in [-0.2, -0.15) is 0 Å². The number of aliphatic hydroxyl groups excluding tert-OH is 1. The number of aliphatic hydroxyl groups is 1. The van der Waals surface area contributed by atoms with Crippen LogP contribution in [0, 0.1) is 0 Å². The molecule has 0 aromatic carbocycles. The molecule has 118 valence electrons. The van der Waals surface area contributed by atoms with Crippen molar-refractivity contribution in [3.05, 3.63) is 17.8 Å². The number of carbonyl (C=O) groups excluding carboxylic acids is 1. The molecule has 0 aliphatic carbocycles. The highest BCUT2D eigenvalue weighted by atomic mass is 79.9. The molecular formula is C12H12BrClN4O4. The van der Waals surface area contributed by atoms with E-state index in [1.54, 1.807) is 4.57 Å². The minimum Gasteiger partial charge on any atom is -0.456 e. The number of halogens is 2. The molecule has 1 aliphatic rings. The van der Waals surface area contributed by atoms with Crippen LogP contribution < -0.4 is 0 Å². The summed E-state index contributed by atoms with van der Waals surface area (Å²) < 4.78 is 12.7. The van der Waals surface area contributed by atoms with Crippen LogP contribution in [0.2, 0.25) is 5.15 Å². The Bertz CT molecular complexity index is 711. The van der Waals surface area contributed by atoms with Crippen LogP contribution in [0.3, 0.4) is 0 Å². The lowest BCUT2D eigenvalue weighted by atomic mass is 10.2. The fourth-order valence-electron chi connectivity index (χ4n) is 2.39. The van der Waals surface area contributed by atoms with Crippen molar-refractivity contribution in [3.8, 4) is 0 Å². The first-order chi connectivity index (χ1) is 10.5. The molecule has 3 rings (SSSR count). The number of imidazole rings is 1. The van der Waals surface area contributed by atoms with Crippen LogP contribution in [-0.4, -0.2) is 54.2 Å². The van der Waals surface area contributed by atoms with E-state index in [2.05, 4.69) is 30.9 Å². The fourth-order valence-corrected chi connectivity index (χ4v) is 3.23. The smallest absolute Gasteiger partial charge is 0.303 e. The molecule has 0 bridgehead atoms. The molecule has 0 spiro atoms. The Balaban J connectivity index is 2.03. The topological polar surface area (TPSA) is 99.4 Å². The SMILES string of the molecule is CC(=O)O[C@@H]1[C@@H](Br)[C@@H](CO)O[C@H]1n1cnc2c(Cl)ncnc21. The second kappa shape index (κ2) is 6.07. The summed E-state index contributed by atoms with van der Waals surface area (Å²) in [5.74, 6) is -0.446. The lowest BCUT2D eigenvalue weighted by molar-refractivity contribution is -0.152. The van der Waals surface area contributed by atoms with Gasteiger partial charge in [0.2, 0.25) is 0 Å². The quantitative estimate of drug-likeness (QED) is 0.474. The van der Waals surface area contributed by atoms with E-state index >= 15 is 0 Å². The summed E-state index contributed by atoms with van der Waals surface area (Å²) in [6, 6.07) is 0. The van der Waals surface area contributed by atoms with E-state index < -0.39 is 24.4 Å². The first-order valence-electron chi connectivity index (χ1n) is 6.43. The van der Waals surface area contributed by atoms with Gasteiger partial charge in [-0.25, -0.2) is 15.0 Å². The second-order valence-corrected chi connectivity index (χ2v) is 6.17. The summed E-state index contributed by atoms with van der Waals surface area (Å²) in [6.45, 7) is 1.10. The minimum absolute atomic E-state index is 0.216. The number of nitrogens with zero attached hydrogens (tertiary/aromatic N) is 4. The van der Waals surface area contributed by atoms with Crippen LogP contribution in [0.5, 0.6) is 0 Å². The largest absolute Gasteiger partial charge is 0.456 e. The molecule has 1 N–H and O–H groups in total.